The van der Waals surface area contributed by atoms with Gasteiger partial charge in [0.1, 0.15) is 0 Å². The van der Waals surface area contributed by atoms with E-state index in [4.69, 9.17) is 0 Å². The van der Waals surface area contributed by atoms with E-state index in [1.165, 1.54) is 0 Å². The number of hydrogen-bond donors (Lipinski definition) is 1. The number of hydrogen-bond acceptors (Lipinski definition) is 5. The average molecular weight is 289 g/mol. The first-order valence-corrected chi connectivity index (χ1v) is 7.76. The van der Waals surface area contributed by atoms with E-state index in [9.17, 15) is 4.79 Å². The number of piperazine rings is 1. The molecule has 0 saturated carbocycles. The summed E-state index contributed by atoms with van der Waals surface area (Å²) in [5, 5.41) is 11.5. The number of aromatic nitrogens is 2. The number of nitrogens with zero attached hydrogens (tertiary/aromatic N) is 4. The molecular formula is C15H23N5O. The minimum Gasteiger partial charge on any atom is -0.336 e. The summed E-state index contributed by atoms with van der Waals surface area (Å²) in [5.41, 5.74) is 2.33. The lowest BCUT2D eigenvalue weighted by Gasteiger charge is -2.43. The number of rotatable bonds is 3. The molecule has 6 heteroatoms. The Morgan fingerprint density at radius 1 is 1.29 bits per heavy atom. The molecular weight excluding hydrogens is 266 g/mol. The van der Waals surface area contributed by atoms with Gasteiger partial charge in [0.05, 0.1) is 17.0 Å². The fraction of sp³-hybridized carbons (Fsp3) is 0.667. The number of nitrogens with one attached hydrogen (secondary N) is 1. The van der Waals surface area contributed by atoms with Crippen LogP contribution < -0.4 is 5.32 Å². The van der Waals surface area contributed by atoms with Crippen LogP contribution in [0.1, 0.15) is 28.7 Å². The molecule has 0 aromatic carbocycles. The molecule has 0 bridgehead atoms. The molecule has 0 aliphatic carbocycles. The smallest absolute Gasteiger partial charge is 0.255 e. The van der Waals surface area contributed by atoms with Crippen LogP contribution in [0.4, 0.5) is 0 Å². The fourth-order valence-electron chi connectivity index (χ4n) is 2.95. The van der Waals surface area contributed by atoms with Gasteiger partial charge < -0.3 is 10.2 Å². The maximum atomic E-state index is 12.7. The predicted octanol–water partition coefficient (Wildman–Crippen LogP) is 0.0770. The van der Waals surface area contributed by atoms with Crippen molar-refractivity contribution in [2.45, 2.75) is 26.3 Å². The van der Waals surface area contributed by atoms with Crippen molar-refractivity contribution in [3.63, 3.8) is 0 Å². The molecule has 2 fully saturated rings. The Morgan fingerprint density at radius 3 is 2.57 bits per heavy atom. The van der Waals surface area contributed by atoms with E-state index >= 15 is 0 Å². The van der Waals surface area contributed by atoms with Crippen LogP contribution in [0.2, 0.25) is 0 Å². The van der Waals surface area contributed by atoms with Gasteiger partial charge in [-0.2, -0.15) is 10.2 Å². The maximum Gasteiger partial charge on any atom is 0.255 e. The van der Waals surface area contributed by atoms with Gasteiger partial charge in [-0.1, -0.05) is 6.92 Å². The lowest BCUT2D eigenvalue weighted by Crippen LogP contribution is -2.62. The van der Waals surface area contributed by atoms with Crippen molar-refractivity contribution in [2.24, 2.45) is 0 Å². The minimum atomic E-state index is 0.108. The molecule has 1 amide bonds. The van der Waals surface area contributed by atoms with Crippen LogP contribution in [-0.4, -0.2) is 71.2 Å². The van der Waals surface area contributed by atoms with Crippen LogP contribution in [0.5, 0.6) is 0 Å². The molecule has 1 aromatic heterocycles. The molecule has 21 heavy (non-hydrogen) atoms. The Labute approximate surface area is 125 Å². The summed E-state index contributed by atoms with van der Waals surface area (Å²) in [6.45, 7) is 9.61. The highest BCUT2D eigenvalue weighted by Crippen LogP contribution is 2.15. The number of carbonyl (C=O) groups excluding carboxylic acids is 1. The van der Waals surface area contributed by atoms with Gasteiger partial charge in [0, 0.05) is 45.3 Å². The summed E-state index contributed by atoms with van der Waals surface area (Å²) in [4.78, 5) is 17.2. The van der Waals surface area contributed by atoms with Gasteiger partial charge in [0.2, 0.25) is 0 Å². The van der Waals surface area contributed by atoms with Crippen LogP contribution >= 0.6 is 0 Å². The zero-order valence-electron chi connectivity index (χ0n) is 12.8. The second kappa shape index (κ2) is 6.07. The largest absolute Gasteiger partial charge is 0.336 e. The number of amides is 1. The highest BCUT2D eigenvalue weighted by Gasteiger charge is 2.30. The molecule has 3 rings (SSSR count). The molecule has 2 aliphatic heterocycles. The summed E-state index contributed by atoms with van der Waals surface area (Å²) in [6, 6.07) is 2.54. The van der Waals surface area contributed by atoms with Gasteiger partial charge in [-0.25, -0.2) is 0 Å². The lowest BCUT2D eigenvalue weighted by atomic mass is 10.1. The number of aryl methyl sites for hydroxylation is 2. The molecule has 0 spiro atoms. The van der Waals surface area contributed by atoms with Gasteiger partial charge >= 0.3 is 0 Å². The normalized spacial score (nSPS) is 20.4. The van der Waals surface area contributed by atoms with Crippen molar-refractivity contribution in [3.8, 4) is 0 Å². The third-order valence-corrected chi connectivity index (χ3v) is 4.44. The van der Waals surface area contributed by atoms with E-state index in [1.54, 1.807) is 0 Å². The summed E-state index contributed by atoms with van der Waals surface area (Å²) in [5.74, 6) is 0.108. The third kappa shape index (κ3) is 2.91. The Kier molecular flexibility index (Phi) is 4.17. The molecule has 0 radical (unpaired) electrons. The Morgan fingerprint density at radius 2 is 2.00 bits per heavy atom. The number of carbonyl (C=O) groups is 1. The molecule has 6 nitrogen and oxygen atoms in total. The molecule has 2 saturated heterocycles. The second-order valence-corrected chi connectivity index (χ2v) is 5.84. The first-order chi connectivity index (χ1) is 10.2. The van der Waals surface area contributed by atoms with Crippen LogP contribution in [0.3, 0.4) is 0 Å². The van der Waals surface area contributed by atoms with Gasteiger partial charge in [-0.3, -0.25) is 9.69 Å². The first-order valence-electron chi connectivity index (χ1n) is 7.76. The van der Waals surface area contributed by atoms with E-state index in [1.807, 2.05) is 24.8 Å². The quantitative estimate of drug-likeness (QED) is 0.854. The maximum absolute atomic E-state index is 12.7. The van der Waals surface area contributed by atoms with Crippen molar-refractivity contribution >= 4 is 5.91 Å². The predicted molar refractivity (Wildman–Crippen MR) is 80.3 cm³/mol. The zero-order valence-corrected chi connectivity index (χ0v) is 12.8. The van der Waals surface area contributed by atoms with Crippen molar-refractivity contribution in [3.05, 3.63) is 23.0 Å². The molecule has 0 unspecified atom stereocenters. The molecule has 114 valence electrons. The Bertz CT molecular complexity index is 521. The van der Waals surface area contributed by atoms with Crippen molar-refractivity contribution in [1.29, 1.82) is 0 Å². The summed E-state index contributed by atoms with van der Waals surface area (Å²) >= 11 is 0. The van der Waals surface area contributed by atoms with Gasteiger partial charge in [-0.05, 0) is 19.4 Å². The summed E-state index contributed by atoms with van der Waals surface area (Å²) in [7, 11) is 0. The molecule has 2 aliphatic rings. The Hall–Kier alpha value is -1.53. The van der Waals surface area contributed by atoms with Crippen LogP contribution in [0, 0.1) is 6.92 Å². The second-order valence-electron chi connectivity index (χ2n) is 5.84. The summed E-state index contributed by atoms with van der Waals surface area (Å²) < 4.78 is 0. The van der Waals surface area contributed by atoms with E-state index in [2.05, 4.69) is 20.4 Å². The van der Waals surface area contributed by atoms with Crippen molar-refractivity contribution in [1.82, 2.24) is 25.3 Å². The highest BCUT2D eigenvalue weighted by molar-refractivity contribution is 5.95. The molecule has 1 aromatic rings. The van der Waals surface area contributed by atoms with Crippen LogP contribution in [0.15, 0.2) is 6.07 Å². The monoisotopic (exact) mass is 289 g/mol. The molecule has 1 N–H and O–H groups in total. The average Bonchev–Trinajstić information content (AvgIpc) is 2.45. The van der Waals surface area contributed by atoms with E-state index in [0.717, 1.165) is 62.6 Å². The van der Waals surface area contributed by atoms with Gasteiger partial charge in [0.25, 0.3) is 5.91 Å². The topological polar surface area (TPSA) is 61.4 Å². The zero-order chi connectivity index (χ0) is 14.8. The highest BCUT2D eigenvalue weighted by atomic mass is 16.2. The van der Waals surface area contributed by atoms with Crippen LogP contribution in [-0.2, 0) is 6.42 Å². The Balaban J connectivity index is 1.67. The van der Waals surface area contributed by atoms with E-state index in [-0.39, 0.29) is 5.91 Å². The first kappa shape index (κ1) is 14.4. The van der Waals surface area contributed by atoms with E-state index < -0.39 is 0 Å². The van der Waals surface area contributed by atoms with E-state index in [0.29, 0.717) is 6.04 Å². The summed E-state index contributed by atoms with van der Waals surface area (Å²) in [6.07, 6.45) is 0.738. The van der Waals surface area contributed by atoms with Gasteiger partial charge in [0.15, 0.2) is 0 Å². The molecule has 3 heterocycles. The minimum absolute atomic E-state index is 0.108. The SMILES string of the molecule is CCc1nnc(C)cc1C(=O)N1CCN(C2CNC2)CC1. The third-order valence-electron chi connectivity index (χ3n) is 4.44. The van der Waals surface area contributed by atoms with Gasteiger partial charge in [-0.15, -0.1) is 0 Å². The van der Waals surface area contributed by atoms with Crippen LogP contribution in [0.25, 0.3) is 0 Å². The molecule has 0 atom stereocenters. The van der Waals surface area contributed by atoms with Crippen molar-refractivity contribution in [2.75, 3.05) is 39.3 Å². The lowest BCUT2D eigenvalue weighted by molar-refractivity contribution is 0.0500. The fourth-order valence-corrected chi connectivity index (χ4v) is 2.95. The standard InChI is InChI=1S/C15H23N5O/c1-3-14-13(8-11(2)17-18-14)15(21)20-6-4-19(5-7-20)12-9-16-10-12/h8,12,16H,3-7,9-10H2,1-2H3. The van der Waals surface area contributed by atoms with Crippen molar-refractivity contribution < 1.29 is 4.79 Å².